The van der Waals surface area contributed by atoms with Crippen LogP contribution in [0.15, 0.2) is 17.6 Å². The number of rotatable bonds is 4. The zero-order valence-electron chi connectivity index (χ0n) is 9.29. The number of hydrogen-bond donors (Lipinski definition) is 1. The van der Waals surface area contributed by atoms with Crippen molar-refractivity contribution in [3.8, 4) is 0 Å². The summed E-state index contributed by atoms with van der Waals surface area (Å²) in [7, 11) is 0. The number of esters is 1. The molecule has 0 radical (unpaired) electrons. The molecule has 0 aliphatic carbocycles. The molecule has 0 saturated heterocycles. The van der Waals surface area contributed by atoms with Crippen molar-refractivity contribution in [1.82, 2.24) is 14.8 Å². The Hall–Kier alpha value is -1.89. The van der Waals surface area contributed by atoms with Gasteiger partial charge in [0.25, 0.3) is 0 Å². The van der Waals surface area contributed by atoms with E-state index in [1.54, 1.807) is 12.3 Å². The maximum Gasteiger partial charge on any atom is 0.328 e. The minimum absolute atomic E-state index is 0.0571. The van der Waals surface area contributed by atoms with Crippen LogP contribution in [-0.2, 0) is 22.7 Å². The Morgan fingerprint density at radius 1 is 1.65 bits per heavy atom. The highest BCUT2D eigenvalue weighted by Crippen LogP contribution is 2.09. The minimum atomic E-state index is -0.360. The number of thiazole rings is 1. The highest BCUT2D eigenvalue weighted by molar-refractivity contribution is 7.09. The van der Waals surface area contributed by atoms with Crippen LogP contribution >= 0.6 is 11.3 Å². The Kier molecular flexibility index (Phi) is 3.38. The Balaban J connectivity index is 1.82. The number of aryl methyl sites for hydroxylation is 1. The molecule has 0 bridgehead atoms. The van der Waals surface area contributed by atoms with Gasteiger partial charge in [0, 0.05) is 17.3 Å². The molecular formula is C10H12N4O2S. The first-order valence-corrected chi connectivity index (χ1v) is 5.87. The van der Waals surface area contributed by atoms with Crippen LogP contribution in [0.4, 0.5) is 5.82 Å². The predicted octanol–water partition coefficient (Wildman–Crippen LogP) is 0.974. The van der Waals surface area contributed by atoms with E-state index in [-0.39, 0.29) is 19.1 Å². The van der Waals surface area contributed by atoms with Gasteiger partial charge in [0.15, 0.2) is 0 Å². The average Bonchev–Trinajstić information content (AvgIpc) is 2.85. The second-order valence-electron chi connectivity index (χ2n) is 3.48. The predicted molar refractivity (Wildman–Crippen MR) is 63.3 cm³/mol. The molecule has 0 saturated carbocycles. The van der Waals surface area contributed by atoms with E-state index in [1.165, 1.54) is 16.0 Å². The van der Waals surface area contributed by atoms with Gasteiger partial charge in [-0.05, 0) is 13.0 Å². The zero-order chi connectivity index (χ0) is 12.3. The number of carbonyl (C=O) groups is 1. The summed E-state index contributed by atoms with van der Waals surface area (Å²) < 4.78 is 6.50. The van der Waals surface area contributed by atoms with Gasteiger partial charge in [-0.15, -0.1) is 11.3 Å². The van der Waals surface area contributed by atoms with Gasteiger partial charge >= 0.3 is 5.97 Å². The van der Waals surface area contributed by atoms with Gasteiger partial charge in [0.05, 0.1) is 0 Å². The third kappa shape index (κ3) is 3.28. The maximum atomic E-state index is 11.5. The van der Waals surface area contributed by atoms with Crippen molar-refractivity contribution in [1.29, 1.82) is 0 Å². The number of aromatic nitrogens is 3. The molecule has 90 valence electrons. The molecule has 6 nitrogen and oxygen atoms in total. The first kappa shape index (κ1) is 11.6. The Bertz CT molecular complexity index is 520. The van der Waals surface area contributed by atoms with Gasteiger partial charge < -0.3 is 10.5 Å². The highest BCUT2D eigenvalue weighted by atomic mass is 32.1. The monoisotopic (exact) mass is 252 g/mol. The standard InChI is InChI=1S/C10H12N4O2S/c1-7-6-17-9(12-7)5-16-10(15)4-14-3-2-8(11)13-14/h2-3,6H,4-5H2,1H3,(H2,11,13). The van der Waals surface area contributed by atoms with E-state index in [2.05, 4.69) is 10.1 Å². The number of nitrogens with zero attached hydrogens (tertiary/aromatic N) is 3. The van der Waals surface area contributed by atoms with Crippen molar-refractivity contribution in [2.45, 2.75) is 20.1 Å². The van der Waals surface area contributed by atoms with Crippen LogP contribution in [0.3, 0.4) is 0 Å². The molecule has 0 fully saturated rings. The third-order valence-corrected chi connectivity index (χ3v) is 2.92. The normalized spacial score (nSPS) is 10.4. The number of ether oxygens (including phenoxy) is 1. The number of nitrogens with two attached hydrogens (primary N) is 1. The van der Waals surface area contributed by atoms with Crippen molar-refractivity contribution < 1.29 is 9.53 Å². The van der Waals surface area contributed by atoms with E-state index >= 15 is 0 Å². The summed E-state index contributed by atoms with van der Waals surface area (Å²) >= 11 is 1.47. The van der Waals surface area contributed by atoms with Crippen molar-refractivity contribution in [2.24, 2.45) is 0 Å². The molecular weight excluding hydrogens is 240 g/mol. The van der Waals surface area contributed by atoms with Crippen molar-refractivity contribution in [3.05, 3.63) is 28.3 Å². The summed E-state index contributed by atoms with van der Waals surface area (Å²) in [4.78, 5) is 15.6. The summed E-state index contributed by atoms with van der Waals surface area (Å²) in [5.41, 5.74) is 6.36. The van der Waals surface area contributed by atoms with E-state index in [0.717, 1.165) is 10.7 Å². The zero-order valence-corrected chi connectivity index (χ0v) is 10.1. The van der Waals surface area contributed by atoms with Gasteiger partial charge in [0.2, 0.25) is 0 Å². The highest BCUT2D eigenvalue weighted by Gasteiger charge is 2.07. The molecule has 2 N–H and O–H groups in total. The van der Waals surface area contributed by atoms with Crippen LogP contribution in [0, 0.1) is 6.92 Å². The smallest absolute Gasteiger partial charge is 0.328 e. The molecule has 7 heteroatoms. The van der Waals surface area contributed by atoms with E-state index in [1.807, 2.05) is 12.3 Å². The molecule has 0 aromatic carbocycles. The van der Waals surface area contributed by atoms with E-state index in [9.17, 15) is 4.79 Å². The lowest BCUT2D eigenvalue weighted by atomic mass is 10.6. The van der Waals surface area contributed by atoms with Gasteiger partial charge in [-0.2, -0.15) is 5.10 Å². The lowest BCUT2D eigenvalue weighted by molar-refractivity contribution is -0.145. The third-order valence-electron chi connectivity index (χ3n) is 1.98. The van der Waals surface area contributed by atoms with Crippen LogP contribution < -0.4 is 5.73 Å². The Morgan fingerprint density at radius 3 is 3.06 bits per heavy atom. The summed E-state index contributed by atoms with van der Waals surface area (Å²) in [5, 5.41) is 6.59. The van der Waals surface area contributed by atoms with Crippen LogP contribution in [0.2, 0.25) is 0 Å². The minimum Gasteiger partial charge on any atom is -0.457 e. The fourth-order valence-electron chi connectivity index (χ4n) is 1.25. The van der Waals surface area contributed by atoms with Gasteiger partial charge in [-0.3, -0.25) is 9.48 Å². The van der Waals surface area contributed by atoms with Crippen LogP contribution in [0.5, 0.6) is 0 Å². The fourth-order valence-corrected chi connectivity index (χ4v) is 1.94. The summed E-state index contributed by atoms with van der Waals surface area (Å²) in [5.74, 6) is 0.0225. The topological polar surface area (TPSA) is 83.0 Å². The molecule has 17 heavy (non-hydrogen) atoms. The Morgan fingerprint density at radius 2 is 2.47 bits per heavy atom. The fraction of sp³-hybridized carbons (Fsp3) is 0.300. The number of carbonyl (C=O) groups excluding carboxylic acids is 1. The lowest BCUT2D eigenvalue weighted by Gasteiger charge is -2.02. The second kappa shape index (κ2) is 4.96. The van der Waals surface area contributed by atoms with Gasteiger partial charge in [-0.1, -0.05) is 0 Å². The molecule has 2 aromatic rings. The van der Waals surface area contributed by atoms with Crippen molar-refractivity contribution in [3.63, 3.8) is 0 Å². The summed E-state index contributed by atoms with van der Waals surface area (Å²) in [6.07, 6.45) is 1.63. The molecule has 0 spiro atoms. The van der Waals surface area contributed by atoms with Crippen LogP contribution in [0.25, 0.3) is 0 Å². The number of nitrogen functional groups attached to an aromatic ring is 1. The van der Waals surface area contributed by atoms with E-state index in [0.29, 0.717) is 5.82 Å². The molecule has 0 aliphatic heterocycles. The Labute approximate surface area is 102 Å². The quantitative estimate of drug-likeness (QED) is 0.820. The molecule has 0 unspecified atom stereocenters. The maximum absolute atomic E-state index is 11.5. The molecule has 0 amide bonds. The van der Waals surface area contributed by atoms with Crippen LogP contribution in [-0.4, -0.2) is 20.7 Å². The second-order valence-corrected chi connectivity index (χ2v) is 4.42. The molecule has 2 aromatic heterocycles. The number of hydrogen-bond acceptors (Lipinski definition) is 6. The summed E-state index contributed by atoms with van der Waals surface area (Å²) in [6.45, 7) is 2.16. The van der Waals surface area contributed by atoms with Crippen molar-refractivity contribution in [2.75, 3.05) is 5.73 Å². The summed E-state index contributed by atoms with van der Waals surface area (Å²) in [6, 6.07) is 1.62. The van der Waals surface area contributed by atoms with Gasteiger partial charge in [-0.25, -0.2) is 4.98 Å². The van der Waals surface area contributed by atoms with Gasteiger partial charge in [0.1, 0.15) is 24.0 Å². The lowest BCUT2D eigenvalue weighted by Crippen LogP contribution is -2.14. The molecule has 0 aliphatic rings. The molecule has 2 heterocycles. The first-order chi connectivity index (χ1) is 8.13. The van der Waals surface area contributed by atoms with E-state index in [4.69, 9.17) is 10.5 Å². The molecule has 0 atom stereocenters. The molecule has 2 rings (SSSR count). The number of anilines is 1. The average molecular weight is 252 g/mol. The first-order valence-electron chi connectivity index (χ1n) is 4.99. The SMILES string of the molecule is Cc1csc(COC(=O)Cn2ccc(N)n2)n1. The largest absolute Gasteiger partial charge is 0.457 e. The van der Waals surface area contributed by atoms with Crippen molar-refractivity contribution >= 4 is 23.1 Å². The van der Waals surface area contributed by atoms with E-state index < -0.39 is 0 Å². The van der Waals surface area contributed by atoms with Crippen LogP contribution in [0.1, 0.15) is 10.7 Å².